The number of ether oxygens (including phenoxy) is 1. The van der Waals surface area contributed by atoms with Crippen LogP contribution in [0.2, 0.25) is 0 Å². The van der Waals surface area contributed by atoms with Gasteiger partial charge in [-0.3, -0.25) is 0 Å². The Bertz CT molecular complexity index is 622. The molecule has 0 radical (unpaired) electrons. The Morgan fingerprint density at radius 2 is 2.30 bits per heavy atom. The third-order valence-corrected chi connectivity index (χ3v) is 3.20. The molecule has 0 aliphatic carbocycles. The predicted molar refractivity (Wildman–Crippen MR) is 84.3 cm³/mol. The lowest BCUT2D eigenvalue weighted by atomic mass is 10.2. The molecule has 0 spiro atoms. The first-order valence-corrected chi connectivity index (χ1v) is 7.17. The maximum absolute atomic E-state index is 5.72. The number of aromatic nitrogens is 2. The van der Waals surface area contributed by atoms with Gasteiger partial charge < -0.3 is 10.5 Å². The average Bonchev–Trinajstić information content (AvgIpc) is 2.73. The van der Waals surface area contributed by atoms with Crippen molar-refractivity contribution in [3.05, 3.63) is 40.1 Å². The SMILES string of the molecule is CCCOc1ccc(C=Nn2cc(C)nc2N)cc1Br. The van der Waals surface area contributed by atoms with Crippen molar-refractivity contribution in [3.63, 3.8) is 0 Å². The van der Waals surface area contributed by atoms with E-state index in [0.29, 0.717) is 12.6 Å². The molecule has 1 aromatic carbocycles. The Balaban J connectivity index is 2.14. The first-order valence-electron chi connectivity index (χ1n) is 6.38. The summed E-state index contributed by atoms with van der Waals surface area (Å²) < 4.78 is 8.05. The van der Waals surface area contributed by atoms with Gasteiger partial charge in [0.2, 0.25) is 5.95 Å². The number of benzene rings is 1. The van der Waals surface area contributed by atoms with Crippen molar-refractivity contribution in [2.45, 2.75) is 20.3 Å². The molecule has 0 bridgehead atoms. The van der Waals surface area contributed by atoms with E-state index in [4.69, 9.17) is 10.5 Å². The number of nitrogens with two attached hydrogens (primary N) is 1. The number of anilines is 1. The molecule has 5 nitrogen and oxygen atoms in total. The van der Waals surface area contributed by atoms with Crippen molar-refractivity contribution in [2.75, 3.05) is 12.3 Å². The lowest BCUT2D eigenvalue weighted by molar-refractivity contribution is 0.315. The highest BCUT2D eigenvalue weighted by Crippen LogP contribution is 2.25. The number of imidazole rings is 1. The molecule has 1 aromatic heterocycles. The summed E-state index contributed by atoms with van der Waals surface area (Å²) in [6, 6.07) is 5.82. The summed E-state index contributed by atoms with van der Waals surface area (Å²) in [4.78, 5) is 4.09. The topological polar surface area (TPSA) is 65.4 Å². The number of hydrogen-bond acceptors (Lipinski definition) is 4. The maximum atomic E-state index is 5.72. The quantitative estimate of drug-likeness (QED) is 0.852. The first kappa shape index (κ1) is 14.6. The summed E-state index contributed by atoms with van der Waals surface area (Å²) in [5.41, 5.74) is 7.51. The van der Waals surface area contributed by atoms with E-state index < -0.39 is 0 Å². The van der Waals surface area contributed by atoms with E-state index >= 15 is 0 Å². The van der Waals surface area contributed by atoms with Crippen LogP contribution in [0.25, 0.3) is 0 Å². The lowest BCUT2D eigenvalue weighted by Crippen LogP contribution is -1.98. The molecule has 2 N–H and O–H groups in total. The molecule has 0 fully saturated rings. The fourth-order valence-corrected chi connectivity index (χ4v) is 2.16. The molecule has 0 saturated carbocycles. The molecular weight excluding hydrogens is 320 g/mol. The second-order valence-electron chi connectivity index (χ2n) is 4.37. The van der Waals surface area contributed by atoms with Crippen LogP contribution >= 0.6 is 15.9 Å². The summed E-state index contributed by atoms with van der Waals surface area (Å²) in [7, 11) is 0. The van der Waals surface area contributed by atoms with Crippen LogP contribution in [0.15, 0.2) is 34.0 Å². The summed E-state index contributed by atoms with van der Waals surface area (Å²) in [5.74, 6) is 1.21. The summed E-state index contributed by atoms with van der Waals surface area (Å²) in [5, 5.41) is 4.27. The van der Waals surface area contributed by atoms with Gasteiger partial charge in [0, 0.05) is 0 Å². The van der Waals surface area contributed by atoms with Crippen LogP contribution in [0, 0.1) is 6.92 Å². The smallest absolute Gasteiger partial charge is 0.221 e. The van der Waals surface area contributed by atoms with Gasteiger partial charge in [-0.25, -0.2) is 9.66 Å². The van der Waals surface area contributed by atoms with E-state index in [-0.39, 0.29) is 0 Å². The van der Waals surface area contributed by atoms with Gasteiger partial charge in [-0.15, -0.1) is 0 Å². The van der Waals surface area contributed by atoms with E-state index in [1.807, 2.05) is 25.1 Å². The Hall–Kier alpha value is -1.82. The van der Waals surface area contributed by atoms with Crippen molar-refractivity contribution in [2.24, 2.45) is 5.10 Å². The zero-order valence-corrected chi connectivity index (χ0v) is 13.1. The molecule has 0 aliphatic heterocycles. The minimum atomic E-state index is 0.376. The first-order chi connectivity index (χ1) is 9.60. The molecule has 0 amide bonds. The van der Waals surface area contributed by atoms with Gasteiger partial charge in [-0.1, -0.05) is 6.92 Å². The fraction of sp³-hybridized carbons (Fsp3) is 0.286. The highest BCUT2D eigenvalue weighted by atomic mass is 79.9. The van der Waals surface area contributed by atoms with E-state index in [0.717, 1.165) is 27.9 Å². The third-order valence-electron chi connectivity index (χ3n) is 2.58. The van der Waals surface area contributed by atoms with Crippen LogP contribution in [0.4, 0.5) is 5.95 Å². The minimum absolute atomic E-state index is 0.376. The molecule has 6 heteroatoms. The van der Waals surface area contributed by atoms with Crippen LogP contribution in [-0.2, 0) is 0 Å². The third kappa shape index (κ3) is 3.60. The van der Waals surface area contributed by atoms with Crippen LogP contribution in [0.5, 0.6) is 5.75 Å². The van der Waals surface area contributed by atoms with Crippen molar-refractivity contribution in [3.8, 4) is 5.75 Å². The van der Waals surface area contributed by atoms with Gasteiger partial charge in [-0.05, 0) is 53.0 Å². The minimum Gasteiger partial charge on any atom is -0.492 e. The molecule has 0 saturated heterocycles. The number of rotatable bonds is 5. The zero-order chi connectivity index (χ0) is 14.5. The molecular formula is C14H17BrN4O. The number of aryl methyl sites for hydroxylation is 1. The molecule has 20 heavy (non-hydrogen) atoms. The Kier molecular flexibility index (Phi) is 4.79. The number of hydrogen-bond donors (Lipinski definition) is 1. The summed E-state index contributed by atoms with van der Waals surface area (Å²) >= 11 is 3.49. The van der Waals surface area contributed by atoms with Crippen LogP contribution in [0.1, 0.15) is 24.6 Å². The van der Waals surface area contributed by atoms with Crippen LogP contribution in [0.3, 0.4) is 0 Å². The van der Waals surface area contributed by atoms with Gasteiger partial charge in [0.15, 0.2) is 0 Å². The molecule has 106 valence electrons. The van der Waals surface area contributed by atoms with E-state index in [2.05, 4.69) is 32.9 Å². The van der Waals surface area contributed by atoms with Gasteiger partial charge in [0.1, 0.15) is 5.75 Å². The second-order valence-corrected chi connectivity index (χ2v) is 5.22. The predicted octanol–water partition coefficient (Wildman–Crippen LogP) is 3.21. The average molecular weight is 337 g/mol. The van der Waals surface area contributed by atoms with E-state index in [1.165, 1.54) is 0 Å². The molecule has 0 atom stereocenters. The van der Waals surface area contributed by atoms with Gasteiger partial charge in [0.05, 0.1) is 29.2 Å². The molecule has 0 unspecified atom stereocenters. The van der Waals surface area contributed by atoms with Gasteiger partial charge >= 0.3 is 0 Å². The van der Waals surface area contributed by atoms with Crippen molar-refractivity contribution >= 4 is 28.1 Å². The second kappa shape index (κ2) is 6.56. The summed E-state index contributed by atoms with van der Waals surface area (Å²) in [6.45, 7) is 4.65. The summed E-state index contributed by atoms with van der Waals surface area (Å²) in [6.07, 6.45) is 4.49. The monoisotopic (exact) mass is 336 g/mol. The fourth-order valence-electron chi connectivity index (χ4n) is 1.65. The Labute approximate surface area is 126 Å². The number of nitrogens with zero attached hydrogens (tertiary/aromatic N) is 3. The highest BCUT2D eigenvalue weighted by Gasteiger charge is 2.02. The molecule has 0 aliphatic rings. The Morgan fingerprint density at radius 1 is 1.50 bits per heavy atom. The van der Waals surface area contributed by atoms with Crippen molar-refractivity contribution < 1.29 is 4.74 Å². The normalized spacial score (nSPS) is 11.2. The van der Waals surface area contributed by atoms with Crippen molar-refractivity contribution in [1.82, 2.24) is 9.66 Å². The molecule has 2 aromatic rings. The zero-order valence-electron chi connectivity index (χ0n) is 11.5. The largest absolute Gasteiger partial charge is 0.492 e. The number of nitrogen functional groups attached to an aromatic ring is 1. The standard InChI is InChI=1S/C14H17BrN4O/c1-3-6-20-13-5-4-11(7-12(13)15)8-17-19-9-10(2)18-14(19)16/h4-5,7-9H,3,6H2,1-2H3,(H2,16,18). The van der Waals surface area contributed by atoms with Gasteiger partial charge in [0.25, 0.3) is 0 Å². The lowest BCUT2D eigenvalue weighted by Gasteiger charge is -2.07. The van der Waals surface area contributed by atoms with E-state index in [9.17, 15) is 0 Å². The van der Waals surface area contributed by atoms with Crippen LogP contribution in [-0.4, -0.2) is 22.5 Å². The van der Waals surface area contributed by atoms with Gasteiger partial charge in [-0.2, -0.15) is 5.10 Å². The van der Waals surface area contributed by atoms with E-state index in [1.54, 1.807) is 17.1 Å². The number of halogens is 1. The van der Waals surface area contributed by atoms with Crippen molar-refractivity contribution in [1.29, 1.82) is 0 Å². The van der Waals surface area contributed by atoms with Crippen LogP contribution < -0.4 is 10.5 Å². The molecule has 2 rings (SSSR count). The molecule has 1 heterocycles. The maximum Gasteiger partial charge on any atom is 0.221 e. The Morgan fingerprint density at radius 3 is 2.90 bits per heavy atom. The highest BCUT2D eigenvalue weighted by molar-refractivity contribution is 9.10.